The van der Waals surface area contributed by atoms with Crippen molar-refractivity contribution in [2.75, 3.05) is 0 Å². The van der Waals surface area contributed by atoms with Crippen molar-refractivity contribution in [1.82, 2.24) is 14.4 Å². The van der Waals surface area contributed by atoms with E-state index >= 15 is 0 Å². The van der Waals surface area contributed by atoms with Crippen molar-refractivity contribution in [3.05, 3.63) is 57.5 Å². The van der Waals surface area contributed by atoms with Gasteiger partial charge in [0, 0.05) is 0 Å². The van der Waals surface area contributed by atoms with Crippen LogP contribution in [-0.2, 0) is 7.05 Å². The molecule has 0 aliphatic heterocycles. The van der Waals surface area contributed by atoms with Crippen molar-refractivity contribution in [3.63, 3.8) is 0 Å². The van der Waals surface area contributed by atoms with E-state index in [0.29, 0.717) is 22.3 Å². The highest BCUT2D eigenvalue weighted by atomic mass is 16.1. The number of aromatic nitrogens is 4. The lowest BCUT2D eigenvalue weighted by atomic mass is 10.2. The molecule has 0 aliphatic rings. The molecule has 21 heavy (non-hydrogen) atoms. The van der Waals surface area contributed by atoms with Crippen LogP contribution in [0.2, 0.25) is 0 Å². The summed E-state index contributed by atoms with van der Waals surface area (Å²) in [5.74, 6) is 1.97. The zero-order valence-electron chi connectivity index (χ0n) is 11.1. The van der Waals surface area contributed by atoms with Crippen LogP contribution in [0.25, 0.3) is 33.3 Å². The van der Waals surface area contributed by atoms with Crippen LogP contribution in [0.4, 0.5) is 0 Å². The van der Waals surface area contributed by atoms with Gasteiger partial charge in [-0.25, -0.2) is 14.5 Å². The highest BCUT2D eigenvalue weighted by molar-refractivity contribution is 5.87. The van der Waals surface area contributed by atoms with Crippen LogP contribution in [0.1, 0.15) is 0 Å². The highest BCUT2D eigenvalue weighted by Gasteiger charge is 2.19. The minimum Gasteiger partial charge on any atom is -0.763 e. The van der Waals surface area contributed by atoms with Crippen LogP contribution >= 0.6 is 0 Å². The molecule has 0 bridgehead atoms. The van der Waals surface area contributed by atoms with Gasteiger partial charge < -0.3 is 5.41 Å². The molecule has 6 heteroatoms. The molecular weight excluding hydrogens is 266 g/mol. The zero-order valence-corrected chi connectivity index (χ0v) is 11.1. The summed E-state index contributed by atoms with van der Waals surface area (Å²) in [6, 6.07) is 7.39. The Morgan fingerprint density at radius 3 is 2.67 bits per heavy atom. The van der Waals surface area contributed by atoms with E-state index in [1.807, 2.05) is 30.1 Å². The van der Waals surface area contributed by atoms with Gasteiger partial charge in [-0.2, -0.15) is 4.40 Å². The molecule has 100 valence electrons. The number of hydrogen-bond acceptors (Lipinski definition) is 3. The van der Waals surface area contributed by atoms with Gasteiger partial charge in [-0.3, -0.25) is 10.7 Å². The molecule has 0 spiro atoms. The molecule has 0 amide bonds. The third-order valence-electron chi connectivity index (χ3n) is 3.56. The Balaban J connectivity index is 2.46. The van der Waals surface area contributed by atoms with Gasteiger partial charge in [0.1, 0.15) is 17.9 Å². The maximum absolute atomic E-state index is 12.5. The molecule has 0 unspecified atom stereocenters. The summed E-state index contributed by atoms with van der Waals surface area (Å²) < 4.78 is 3.36. The summed E-state index contributed by atoms with van der Waals surface area (Å²) in [6.45, 7) is 0. The lowest BCUT2D eigenvalue weighted by Crippen LogP contribution is -2.39. The van der Waals surface area contributed by atoms with Crippen LogP contribution in [0, 0.1) is 0 Å². The molecule has 0 fully saturated rings. The third kappa shape index (κ3) is 1.45. The number of benzene rings is 1. The molecular formula is C15H9N5O. The first-order valence-electron chi connectivity index (χ1n) is 6.37. The van der Waals surface area contributed by atoms with Gasteiger partial charge in [0.15, 0.2) is 0 Å². The second-order valence-electron chi connectivity index (χ2n) is 4.80. The first-order valence-corrected chi connectivity index (χ1v) is 6.37. The smallest absolute Gasteiger partial charge is 0.337 e. The van der Waals surface area contributed by atoms with E-state index in [-0.39, 0.29) is 10.6 Å². The molecule has 0 aliphatic carbocycles. The number of imidazole rings is 1. The Kier molecular flexibility index (Phi) is 2.20. The molecule has 0 saturated carbocycles. The topological polar surface area (TPSA) is 73.4 Å². The fourth-order valence-corrected chi connectivity index (χ4v) is 2.57. The minimum atomic E-state index is -0.331. The van der Waals surface area contributed by atoms with Crippen LogP contribution in [-0.4, -0.2) is 20.2 Å². The Morgan fingerprint density at radius 2 is 1.95 bits per heavy atom. The van der Waals surface area contributed by atoms with Gasteiger partial charge in [0.2, 0.25) is 0 Å². The molecule has 0 N–H and O–H groups in total. The first kappa shape index (κ1) is 11.7. The van der Waals surface area contributed by atoms with Crippen LogP contribution in [0.15, 0.2) is 41.5 Å². The Bertz CT molecular complexity index is 1170. The van der Waals surface area contributed by atoms with E-state index in [2.05, 4.69) is 9.97 Å². The zero-order chi connectivity index (χ0) is 14.6. The normalized spacial score (nSPS) is 11.3. The number of aryl methyl sites for hydroxylation is 1. The van der Waals surface area contributed by atoms with Gasteiger partial charge in [-0.15, -0.1) is 0 Å². The summed E-state index contributed by atoms with van der Waals surface area (Å²) in [5.41, 5.74) is 2.32. The molecule has 0 saturated heterocycles. The molecule has 4 aromatic rings. The Hall–Kier alpha value is -3.11. The summed E-state index contributed by atoms with van der Waals surface area (Å²) in [4.78, 5) is 21.5. The number of rotatable bonds is 0. The van der Waals surface area contributed by atoms with Gasteiger partial charge in [0.25, 0.3) is 11.1 Å². The number of pyridine rings is 1. The van der Waals surface area contributed by atoms with Crippen molar-refractivity contribution in [2.24, 2.45) is 7.05 Å². The van der Waals surface area contributed by atoms with Crippen molar-refractivity contribution in [2.45, 2.75) is 0 Å². The number of fused-ring (bicyclic) bond motifs is 4. The van der Waals surface area contributed by atoms with E-state index in [1.165, 1.54) is 0 Å². The van der Waals surface area contributed by atoms with E-state index in [4.69, 9.17) is 0 Å². The van der Waals surface area contributed by atoms with Crippen molar-refractivity contribution >= 4 is 33.7 Å². The molecule has 4 rings (SSSR count). The molecule has 3 heterocycles. The fourth-order valence-electron chi connectivity index (χ4n) is 2.57. The molecule has 0 atom stereocenters. The molecule has 6 nitrogen and oxygen atoms in total. The molecule has 3 aromatic heterocycles. The lowest BCUT2D eigenvalue weighted by molar-refractivity contribution is -0.644. The number of nitrogens with zero attached hydrogens (tertiary/aromatic N) is 5. The monoisotopic (exact) mass is 275 g/mol. The standard InChI is InChI=1S/C15H9N5O/c1-19-6-7-20-14-12(9(8-16)13(21)15(19)20)17-10-4-2-3-5-11(10)18-14/h2-7H,1H3. The van der Waals surface area contributed by atoms with Crippen molar-refractivity contribution in [3.8, 4) is 0 Å². The fraction of sp³-hybridized carbons (Fsp3) is 0.0667. The van der Waals surface area contributed by atoms with Crippen LogP contribution < -0.4 is 15.2 Å². The third-order valence-corrected chi connectivity index (χ3v) is 3.56. The number of para-hydroxylation sites is 2. The minimum absolute atomic E-state index is 0.0325. The van der Waals surface area contributed by atoms with Crippen molar-refractivity contribution < 1.29 is 4.57 Å². The lowest BCUT2D eigenvalue weighted by Gasteiger charge is -2.00. The van der Waals surface area contributed by atoms with Crippen LogP contribution in [0.3, 0.4) is 0 Å². The first-order chi connectivity index (χ1) is 10.2. The van der Waals surface area contributed by atoms with E-state index < -0.39 is 0 Å². The SMILES string of the molecule is C[n+]1ccn2c3nc4ccccc4nc3c(=C=[N-])c(=O)c21. The maximum Gasteiger partial charge on any atom is 0.337 e. The highest BCUT2D eigenvalue weighted by Crippen LogP contribution is 2.12. The predicted molar refractivity (Wildman–Crippen MR) is 78.1 cm³/mol. The second-order valence-corrected chi connectivity index (χ2v) is 4.80. The predicted octanol–water partition coefficient (Wildman–Crippen LogP) is -0.150. The molecule has 0 radical (unpaired) electrons. The Morgan fingerprint density at radius 1 is 1.24 bits per heavy atom. The van der Waals surface area contributed by atoms with Crippen LogP contribution in [0.5, 0.6) is 0 Å². The summed E-state index contributed by atoms with van der Waals surface area (Å²) >= 11 is 0. The van der Waals surface area contributed by atoms with Crippen molar-refractivity contribution in [1.29, 1.82) is 0 Å². The quantitative estimate of drug-likeness (QED) is 0.254. The molecule has 1 aromatic carbocycles. The average Bonchev–Trinajstić information content (AvgIpc) is 2.89. The maximum atomic E-state index is 12.5. The van der Waals surface area contributed by atoms with E-state index in [1.54, 1.807) is 28.4 Å². The number of hydrogen-bond donors (Lipinski definition) is 0. The second kappa shape index (κ2) is 3.94. The van der Waals surface area contributed by atoms with Gasteiger partial charge in [0.05, 0.1) is 23.3 Å². The van der Waals surface area contributed by atoms with Gasteiger partial charge in [-0.05, 0) is 12.1 Å². The van der Waals surface area contributed by atoms with Gasteiger partial charge in [-0.1, -0.05) is 12.1 Å². The summed E-state index contributed by atoms with van der Waals surface area (Å²) in [6.07, 6.45) is 3.51. The summed E-state index contributed by atoms with van der Waals surface area (Å²) in [5, 5.41) is 9.37. The van der Waals surface area contributed by atoms with E-state index in [9.17, 15) is 10.2 Å². The summed E-state index contributed by atoms with van der Waals surface area (Å²) in [7, 11) is 1.76. The van der Waals surface area contributed by atoms with Gasteiger partial charge >= 0.3 is 5.65 Å². The largest absolute Gasteiger partial charge is 0.763 e. The van der Waals surface area contributed by atoms with E-state index in [0.717, 1.165) is 5.52 Å². The Labute approximate surface area is 118 Å². The average molecular weight is 275 g/mol.